The van der Waals surface area contributed by atoms with Crippen molar-refractivity contribution in [2.45, 2.75) is 39.7 Å². The molecule has 1 aliphatic rings. The van der Waals surface area contributed by atoms with Crippen LogP contribution in [-0.4, -0.2) is 6.04 Å². The Morgan fingerprint density at radius 2 is 1.89 bits per heavy atom. The third-order valence-corrected chi connectivity index (χ3v) is 3.14. The summed E-state index contributed by atoms with van der Waals surface area (Å²) in [5.41, 5.74) is 6.29. The molecule has 1 aliphatic carbocycles. The lowest BCUT2D eigenvalue weighted by atomic mass is 9.81. The van der Waals surface area contributed by atoms with Crippen LogP contribution in [0.15, 0.2) is 0 Å². The number of nitrogens with two attached hydrogens (primary N) is 1. The van der Waals surface area contributed by atoms with Gasteiger partial charge in [-0.05, 0) is 24.2 Å². The van der Waals surface area contributed by atoms with Crippen LogP contribution in [0, 0.1) is 11.3 Å². The minimum atomic E-state index is 0.389. The van der Waals surface area contributed by atoms with E-state index in [2.05, 4.69) is 20.8 Å². The maximum absolute atomic E-state index is 5.90. The summed E-state index contributed by atoms with van der Waals surface area (Å²) in [4.78, 5) is 0. The minimum Gasteiger partial charge on any atom is -0.327 e. The molecule has 9 heavy (non-hydrogen) atoms. The van der Waals surface area contributed by atoms with Crippen LogP contribution in [0.3, 0.4) is 0 Å². The van der Waals surface area contributed by atoms with Crippen molar-refractivity contribution in [2.75, 3.05) is 0 Å². The summed E-state index contributed by atoms with van der Waals surface area (Å²) in [7, 11) is 0. The van der Waals surface area contributed by atoms with E-state index in [1.54, 1.807) is 0 Å². The summed E-state index contributed by atoms with van der Waals surface area (Å²) in [5.74, 6) is 0.812. The van der Waals surface area contributed by atoms with Crippen LogP contribution >= 0.6 is 0 Å². The van der Waals surface area contributed by atoms with Gasteiger partial charge in [0.05, 0.1) is 0 Å². The zero-order valence-corrected chi connectivity index (χ0v) is 6.65. The second-order valence-corrected chi connectivity index (χ2v) is 3.91. The van der Waals surface area contributed by atoms with Gasteiger partial charge in [-0.25, -0.2) is 0 Å². The third kappa shape index (κ3) is 0.983. The fraction of sp³-hybridized carbons (Fsp3) is 1.00. The summed E-state index contributed by atoms with van der Waals surface area (Å²) in [6.45, 7) is 6.84. The number of rotatable bonds is 0. The fourth-order valence-electron chi connectivity index (χ4n) is 1.54. The Morgan fingerprint density at radius 1 is 1.33 bits per heavy atom. The van der Waals surface area contributed by atoms with E-state index in [0.29, 0.717) is 11.5 Å². The first kappa shape index (κ1) is 7.07. The molecule has 0 radical (unpaired) electrons. The normalized spacial score (nSPS) is 41.3. The van der Waals surface area contributed by atoms with Gasteiger partial charge in [-0.3, -0.25) is 0 Å². The molecule has 0 aromatic heterocycles. The van der Waals surface area contributed by atoms with Crippen molar-refractivity contribution in [3.8, 4) is 0 Å². The van der Waals surface area contributed by atoms with Crippen molar-refractivity contribution in [2.24, 2.45) is 17.1 Å². The molecule has 0 spiro atoms. The lowest BCUT2D eigenvalue weighted by Gasteiger charge is -2.28. The van der Waals surface area contributed by atoms with E-state index < -0.39 is 0 Å². The number of hydrogen-bond donors (Lipinski definition) is 1. The zero-order valence-electron chi connectivity index (χ0n) is 6.65. The maximum atomic E-state index is 5.90. The molecule has 0 saturated heterocycles. The van der Waals surface area contributed by atoms with Gasteiger partial charge in [0, 0.05) is 6.04 Å². The molecule has 2 N–H and O–H groups in total. The summed E-state index contributed by atoms with van der Waals surface area (Å²) in [6, 6.07) is 0.437. The average molecular weight is 127 g/mol. The molecule has 1 unspecified atom stereocenters. The Hall–Kier alpha value is -0.0400. The van der Waals surface area contributed by atoms with E-state index in [-0.39, 0.29) is 0 Å². The van der Waals surface area contributed by atoms with Gasteiger partial charge in [0.25, 0.3) is 0 Å². The first-order chi connectivity index (χ1) is 4.05. The summed E-state index contributed by atoms with van der Waals surface area (Å²) in [5, 5.41) is 0. The van der Waals surface area contributed by atoms with Crippen LogP contribution in [0.5, 0.6) is 0 Å². The highest BCUT2D eigenvalue weighted by molar-refractivity contribution is 4.92. The van der Waals surface area contributed by atoms with E-state index in [1.807, 2.05) is 0 Å². The van der Waals surface area contributed by atoms with Crippen LogP contribution < -0.4 is 5.73 Å². The zero-order chi connectivity index (χ0) is 7.07. The molecule has 0 aromatic rings. The van der Waals surface area contributed by atoms with E-state index in [9.17, 15) is 0 Å². The van der Waals surface area contributed by atoms with Gasteiger partial charge in [-0.1, -0.05) is 20.8 Å². The van der Waals surface area contributed by atoms with Crippen LogP contribution in [0.25, 0.3) is 0 Å². The van der Waals surface area contributed by atoms with E-state index >= 15 is 0 Å². The molecule has 0 amide bonds. The van der Waals surface area contributed by atoms with Crippen molar-refractivity contribution in [3.05, 3.63) is 0 Å². The highest BCUT2D eigenvalue weighted by Crippen LogP contribution is 2.40. The number of hydrogen-bond acceptors (Lipinski definition) is 1. The predicted molar refractivity (Wildman–Crippen MR) is 40.2 cm³/mol. The Morgan fingerprint density at radius 3 is 2.00 bits per heavy atom. The third-order valence-electron chi connectivity index (χ3n) is 3.14. The molecule has 0 aromatic carbocycles. The van der Waals surface area contributed by atoms with Gasteiger partial charge in [-0.2, -0.15) is 0 Å². The molecule has 0 heterocycles. The highest BCUT2D eigenvalue weighted by atomic mass is 14.7. The molecule has 1 rings (SSSR count). The van der Waals surface area contributed by atoms with Gasteiger partial charge >= 0.3 is 0 Å². The molecular weight excluding hydrogens is 110 g/mol. The molecule has 1 fully saturated rings. The molecule has 1 nitrogen and oxygen atoms in total. The quantitative estimate of drug-likeness (QED) is 0.527. The van der Waals surface area contributed by atoms with Crippen LogP contribution in [0.4, 0.5) is 0 Å². The van der Waals surface area contributed by atoms with Crippen molar-refractivity contribution >= 4 is 0 Å². The smallest absolute Gasteiger partial charge is 0.00929 e. The monoisotopic (exact) mass is 127 g/mol. The first-order valence-electron chi connectivity index (χ1n) is 3.80. The largest absolute Gasteiger partial charge is 0.327 e. The maximum Gasteiger partial charge on any atom is 0.00929 e. The van der Waals surface area contributed by atoms with Gasteiger partial charge in [0.15, 0.2) is 0 Å². The molecule has 0 aliphatic heterocycles. The average Bonchev–Trinajstić information content (AvgIpc) is 1.96. The van der Waals surface area contributed by atoms with Gasteiger partial charge in [0.1, 0.15) is 0 Å². The molecule has 2 atom stereocenters. The van der Waals surface area contributed by atoms with Gasteiger partial charge < -0.3 is 5.73 Å². The summed E-state index contributed by atoms with van der Waals surface area (Å²) < 4.78 is 0. The van der Waals surface area contributed by atoms with Crippen LogP contribution in [-0.2, 0) is 0 Å². The lowest BCUT2D eigenvalue weighted by molar-refractivity contribution is 0.250. The van der Waals surface area contributed by atoms with Crippen molar-refractivity contribution < 1.29 is 0 Å². The topological polar surface area (TPSA) is 26.0 Å². The second kappa shape index (κ2) is 1.98. The summed E-state index contributed by atoms with van der Waals surface area (Å²) >= 11 is 0. The molecule has 1 heteroatoms. The van der Waals surface area contributed by atoms with Gasteiger partial charge in [0.2, 0.25) is 0 Å². The molecule has 54 valence electrons. The standard InChI is InChI=1S/C8H17N/c1-6-4-5-7(9)8(6,2)3/h6-7H,4-5,9H2,1-3H3/t6?,7-/m0/s1. The van der Waals surface area contributed by atoms with E-state index in [0.717, 1.165) is 5.92 Å². The van der Waals surface area contributed by atoms with Gasteiger partial charge in [-0.15, -0.1) is 0 Å². The molecule has 1 saturated carbocycles. The predicted octanol–water partition coefficient (Wildman–Crippen LogP) is 1.77. The fourth-order valence-corrected chi connectivity index (χ4v) is 1.54. The lowest BCUT2D eigenvalue weighted by Crippen LogP contribution is -2.34. The van der Waals surface area contributed by atoms with E-state index in [1.165, 1.54) is 12.8 Å². The Kier molecular flexibility index (Phi) is 1.55. The van der Waals surface area contributed by atoms with E-state index in [4.69, 9.17) is 5.73 Å². The SMILES string of the molecule is CC1CC[C@H](N)C1(C)C. The summed E-state index contributed by atoms with van der Waals surface area (Å²) in [6.07, 6.45) is 2.53. The molecule has 0 bridgehead atoms. The Labute approximate surface area is 57.6 Å². The minimum absolute atomic E-state index is 0.389. The van der Waals surface area contributed by atoms with Crippen molar-refractivity contribution in [1.82, 2.24) is 0 Å². The Bertz CT molecular complexity index is 95.1. The first-order valence-corrected chi connectivity index (χ1v) is 3.80. The highest BCUT2D eigenvalue weighted by Gasteiger charge is 2.37. The van der Waals surface area contributed by atoms with Crippen LogP contribution in [0.1, 0.15) is 33.6 Å². The van der Waals surface area contributed by atoms with Crippen molar-refractivity contribution in [3.63, 3.8) is 0 Å². The second-order valence-electron chi connectivity index (χ2n) is 3.91. The van der Waals surface area contributed by atoms with Crippen molar-refractivity contribution in [1.29, 1.82) is 0 Å². The molecular formula is C8H17N. The Balaban J connectivity index is 2.66. The van der Waals surface area contributed by atoms with Crippen LogP contribution in [0.2, 0.25) is 0 Å².